The topological polar surface area (TPSA) is 23.5 Å². The molecule has 2 aromatic carbocycles. The monoisotopic (exact) mass is 359 g/mol. The van der Waals surface area contributed by atoms with Crippen molar-refractivity contribution < 1.29 is 5.11 Å². The maximum atomic E-state index is 11.3. The van der Waals surface area contributed by atoms with Gasteiger partial charge in [-0.15, -0.1) is 12.4 Å². The maximum Gasteiger partial charge on any atom is 0.0715 e. The van der Waals surface area contributed by atoms with Gasteiger partial charge in [0.25, 0.3) is 0 Å². The molecule has 0 saturated heterocycles. The summed E-state index contributed by atoms with van der Waals surface area (Å²) in [4.78, 5) is 2.34. The third-order valence-electron chi connectivity index (χ3n) is 6.22. The Morgan fingerprint density at radius 1 is 0.840 bits per heavy atom. The molecule has 0 heterocycles. The van der Waals surface area contributed by atoms with Gasteiger partial charge in [0.15, 0.2) is 0 Å². The van der Waals surface area contributed by atoms with Gasteiger partial charge in [-0.05, 0) is 50.9 Å². The molecule has 136 valence electrons. The Morgan fingerprint density at radius 2 is 1.32 bits per heavy atom. The summed E-state index contributed by atoms with van der Waals surface area (Å²) in [6.07, 6.45) is 3.63. The van der Waals surface area contributed by atoms with Gasteiger partial charge in [-0.2, -0.15) is 0 Å². The Bertz CT molecular complexity index is 648. The molecule has 0 aromatic heterocycles. The normalized spacial score (nSPS) is 27.6. The van der Waals surface area contributed by atoms with Gasteiger partial charge in [-0.25, -0.2) is 0 Å². The van der Waals surface area contributed by atoms with Crippen molar-refractivity contribution in [2.45, 2.75) is 49.7 Å². The number of benzene rings is 2. The Kier molecular flexibility index (Phi) is 6.31. The van der Waals surface area contributed by atoms with E-state index in [0.29, 0.717) is 0 Å². The van der Waals surface area contributed by atoms with Gasteiger partial charge in [0, 0.05) is 11.5 Å². The van der Waals surface area contributed by atoms with Crippen molar-refractivity contribution in [1.29, 1.82) is 0 Å². The molecule has 1 unspecified atom stereocenters. The van der Waals surface area contributed by atoms with Crippen molar-refractivity contribution in [3.63, 3.8) is 0 Å². The second-order valence-electron chi connectivity index (χ2n) is 7.53. The van der Waals surface area contributed by atoms with Crippen LogP contribution in [0.4, 0.5) is 0 Å². The molecule has 0 amide bonds. The zero-order valence-corrected chi connectivity index (χ0v) is 16.3. The molecule has 1 aliphatic carbocycles. The van der Waals surface area contributed by atoms with E-state index in [0.717, 1.165) is 25.7 Å². The summed E-state index contributed by atoms with van der Waals surface area (Å²) in [5.41, 5.74) is 2.01. The smallest absolute Gasteiger partial charge is 0.0715 e. The molecule has 1 N–H and O–H groups in total. The van der Waals surface area contributed by atoms with E-state index in [4.69, 9.17) is 0 Å². The van der Waals surface area contributed by atoms with E-state index in [9.17, 15) is 5.11 Å². The van der Waals surface area contributed by atoms with E-state index in [1.54, 1.807) is 0 Å². The highest BCUT2D eigenvalue weighted by Crippen LogP contribution is 2.48. The standard InChI is InChI=1S/C22H29NO.ClH/c1-18(19-10-6-4-7-11-19)22(24)16-14-21(15-17-22,23(2)3)20-12-8-5-9-13-20;/h4-13,18,24H,14-17H2,1-3H3;1H. The van der Waals surface area contributed by atoms with Gasteiger partial charge in [-0.3, -0.25) is 4.90 Å². The van der Waals surface area contributed by atoms with Crippen molar-refractivity contribution in [2.75, 3.05) is 14.1 Å². The lowest BCUT2D eigenvalue weighted by Crippen LogP contribution is -2.50. The molecule has 0 aliphatic heterocycles. The molecule has 0 radical (unpaired) electrons. The highest BCUT2D eigenvalue weighted by Gasteiger charge is 2.46. The molecule has 0 spiro atoms. The van der Waals surface area contributed by atoms with E-state index in [-0.39, 0.29) is 23.9 Å². The molecule has 25 heavy (non-hydrogen) atoms. The number of hydrogen-bond donors (Lipinski definition) is 1. The molecule has 1 atom stereocenters. The predicted octanol–water partition coefficient (Wildman–Crippen LogP) is 4.97. The van der Waals surface area contributed by atoms with E-state index >= 15 is 0 Å². The Balaban J connectivity index is 0.00000225. The quantitative estimate of drug-likeness (QED) is 0.832. The molecule has 3 heteroatoms. The van der Waals surface area contributed by atoms with E-state index < -0.39 is 5.60 Å². The summed E-state index contributed by atoms with van der Waals surface area (Å²) in [7, 11) is 4.33. The first-order chi connectivity index (χ1) is 11.5. The average molecular weight is 360 g/mol. The number of rotatable bonds is 4. The Hall–Kier alpha value is -1.35. The summed E-state index contributed by atoms with van der Waals surface area (Å²) < 4.78 is 0. The van der Waals surface area contributed by atoms with Gasteiger partial charge >= 0.3 is 0 Å². The Labute approximate surface area is 158 Å². The van der Waals surface area contributed by atoms with Crippen LogP contribution in [-0.4, -0.2) is 29.7 Å². The minimum absolute atomic E-state index is 0. The summed E-state index contributed by atoms with van der Waals surface area (Å²) in [6.45, 7) is 2.17. The molecule has 2 aromatic rings. The fourth-order valence-corrected chi connectivity index (χ4v) is 4.32. The van der Waals surface area contributed by atoms with Gasteiger partial charge < -0.3 is 5.11 Å². The van der Waals surface area contributed by atoms with Crippen molar-refractivity contribution in [3.8, 4) is 0 Å². The summed E-state index contributed by atoms with van der Waals surface area (Å²) in [5.74, 6) is 0.162. The molecule has 2 nitrogen and oxygen atoms in total. The van der Waals surface area contributed by atoms with Crippen LogP contribution in [0.1, 0.15) is 49.7 Å². The van der Waals surface area contributed by atoms with Gasteiger partial charge in [0.2, 0.25) is 0 Å². The van der Waals surface area contributed by atoms with Gasteiger partial charge in [0.05, 0.1) is 5.60 Å². The predicted molar refractivity (Wildman–Crippen MR) is 107 cm³/mol. The first-order valence-electron chi connectivity index (χ1n) is 8.98. The van der Waals surface area contributed by atoms with Crippen LogP contribution >= 0.6 is 12.4 Å². The van der Waals surface area contributed by atoms with Crippen molar-refractivity contribution in [2.24, 2.45) is 0 Å². The molecule has 3 rings (SSSR count). The lowest BCUT2D eigenvalue weighted by Gasteiger charge is -2.50. The van der Waals surface area contributed by atoms with Crippen molar-refractivity contribution in [3.05, 3.63) is 71.8 Å². The second kappa shape index (κ2) is 7.90. The lowest BCUT2D eigenvalue weighted by molar-refractivity contribution is -0.0608. The average Bonchev–Trinajstić information content (AvgIpc) is 2.63. The van der Waals surface area contributed by atoms with Crippen LogP contribution in [0.2, 0.25) is 0 Å². The third kappa shape index (κ3) is 3.76. The maximum absolute atomic E-state index is 11.3. The second-order valence-corrected chi connectivity index (χ2v) is 7.53. The molecule has 1 fully saturated rings. The SMILES string of the molecule is CC(c1ccccc1)C1(O)CCC(c2ccccc2)(N(C)C)CC1.Cl. The number of aliphatic hydroxyl groups is 1. The van der Waals surface area contributed by atoms with Gasteiger partial charge in [0.1, 0.15) is 0 Å². The van der Waals surface area contributed by atoms with Crippen LogP contribution in [0.3, 0.4) is 0 Å². The highest BCUT2D eigenvalue weighted by molar-refractivity contribution is 5.85. The number of hydrogen-bond acceptors (Lipinski definition) is 2. The molecular formula is C22H30ClNO. The Morgan fingerprint density at radius 3 is 1.80 bits per heavy atom. The fourth-order valence-electron chi connectivity index (χ4n) is 4.32. The van der Waals surface area contributed by atoms with Crippen molar-refractivity contribution in [1.82, 2.24) is 4.90 Å². The van der Waals surface area contributed by atoms with Crippen LogP contribution in [0.5, 0.6) is 0 Å². The highest BCUT2D eigenvalue weighted by atomic mass is 35.5. The van der Waals surface area contributed by atoms with Crippen LogP contribution in [0.15, 0.2) is 60.7 Å². The number of nitrogens with zero attached hydrogens (tertiary/aromatic N) is 1. The molecule has 1 aliphatic rings. The van der Waals surface area contributed by atoms with E-state index in [1.807, 2.05) is 6.07 Å². The van der Waals surface area contributed by atoms with Gasteiger partial charge in [-0.1, -0.05) is 67.6 Å². The zero-order valence-electron chi connectivity index (χ0n) is 15.5. The van der Waals surface area contributed by atoms with E-state index in [1.165, 1.54) is 11.1 Å². The molecule has 0 bridgehead atoms. The van der Waals surface area contributed by atoms with E-state index in [2.05, 4.69) is 80.5 Å². The molecular weight excluding hydrogens is 330 g/mol. The summed E-state index contributed by atoms with van der Waals surface area (Å²) >= 11 is 0. The first-order valence-corrected chi connectivity index (χ1v) is 8.98. The summed E-state index contributed by atoms with van der Waals surface area (Å²) in [5, 5.41) is 11.3. The largest absolute Gasteiger partial charge is 0.389 e. The zero-order chi connectivity index (χ0) is 17.2. The lowest BCUT2D eigenvalue weighted by atomic mass is 9.65. The minimum atomic E-state index is -0.615. The summed E-state index contributed by atoms with van der Waals surface area (Å²) in [6, 6.07) is 21.2. The van der Waals surface area contributed by atoms with Crippen molar-refractivity contribution >= 4 is 12.4 Å². The minimum Gasteiger partial charge on any atom is -0.389 e. The third-order valence-corrected chi connectivity index (χ3v) is 6.22. The van der Waals surface area contributed by atoms with Crippen LogP contribution in [0.25, 0.3) is 0 Å². The molecule has 1 saturated carbocycles. The first kappa shape index (κ1) is 20.0. The van der Waals surface area contributed by atoms with Crippen LogP contribution in [0, 0.1) is 0 Å². The fraction of sp³-hybridized carbons (Fsp3) is 0.455. The van der Waals surface area contributed by atoms with Crippen LogP contribution in [-0.2, 0) is 5.54 Å². The number of halogens is 1. The van der Waals surface area contributed by atoms with Crippen LogP contribution < -0.4 is 0 Å².